The molecule has 0 fully saturated rings. The number of aliphatic imine (C=N–C) groups is 1. The molecular weight excluding hydrogens is 439 g/mol. The predicted octanol–water partition coefficient (Wildman–Crippen LogP) is 3.52. The number of pyridine rings is 1. The molecule has 26 heavy (non-hydrogen) atoms. The van der Waals surface area contributed by atoms with Gasteiger partial charge in [0.2, 0.25) is 0 Å². The number of guanidine groups is 1. The summed E-state index contributed by atoms with van der Waals surface area (Å²) in [4.78, 5) is 8.57. The fraction of sp³-hybridized carbons (Fsp3) is 0.400. The summed E-state index contributed by atoms with van der Waals surface area (Å²) in [7, 11) is 0. The van der Waals surface area contributed by atoms with Gasteiger partial charge in [0.05, 0.1) is 6.54 Å². The van der Waals surface area contributed by atoms with E-state index in [1.165, 1.54) is 5.56 Å². The monoisotopic (exact) mass is 468 g/mol. The second kappa shape index (κ2) is 11.0. The van der Waals surface area contributed by atoms with Gasteiger partial charge < -0.3 is 15.8 Å². The molecule has 142 valence electrons. The molecule has 3 N–H and O–H groups in total. The number of para-hydroxylation sites is 1. The standard InChI is InChI=1S/C20H28N4O.HI/c1-20(2,3)17-9-4-5-10-18(17)25-15-14-24-19(21)23-13-11-16-8-6-7-12-22-16;/h4-10,12H,11,13-15H2,1-3H3,(H3,21,23,24);1H. The molecule has 0 unspecified atom stereocenters. The minimum Gasteiger partial charge on any atom is -0.491 e. The third-order valence-electron chi connectivity index (χ3n) is 3.74. The number of nitrogens with one attached hydrogen (secondary N) is 1. The molecular formula is C20H29IN4O. The van der Waals surface area contributed by atoms with Crippen LogP contribution in [0.25, 0.3) is 0 Å². The molecule has 6 heteroatoms. The number of rotatable bonds is 7. The average Bonchev–Trinajstić information content (AvgIpc) is 2.59. The molecule has 0 amide bonds. The molecule has 0 bridgehead atoms. The van der Waals surface area contributed by atoms with Gasteiger partial charge in [0, 0.05) is 24.9 Å². The van der Waals surface area contributed by atoms with E-state index < -0.39 is 0 Å². The lowest BCUT2D eigenvalue weighted by atomic mass is 9.86. The molecule has 0 aliphatic rings. The van der Waals surface area contributed by atoms with Crippen LogP contribution in [0.15, 0.2) is 53.7 Å². The molecule has 1 aromatic carbocycles. The Bertz CT molecular complexity index is 684. The van der Waals surface area contributed by atoms with Crippen molar-refractivity contribution in [1.82, 2.24) is 10.3 Å². The number of nitrogens with two attached hydrogens (primary N) is 1. The third kappa shape index (κ3) is 7.59. The number of ether oxygens (including phenoxy) is 1. The minimum atomic E-state index is 0. The summed E-state index contributed by atoms with van der Waals surface area (Å²) in [6, 6.07) is 14.0. The molecule has 0 saturated carbocycles. The van der Waals surface area contributed by atoms with Crippen LogP contribution in [0, 0.1) is 0 Å². The van der Waals surface area contributed by atoms with E-state index in [4.69, 9.17) is 10.5 Å². The van der Waals surface area contributed by atoms with Crippen LogP contribution in [0.1, 0.15) is 32.0 Å². The Hall–Kier alpha value is -1.83. The fourth-order valence-corrected chi connectivity index (χ4v) is 2.45. The molecule has 2 rings (SSSR count). The van der Waals surface area contributed by atoms with Gasteiger partial charge in [-0.1, -0.05) is 45.0 Å². The van der Waals surface area contributed by atoms with Crippen LogP contribution < -0.4 is 15.8 Å². The normalized spacial score (nSPS) is 11.6. The van der Waals surface area contributed by atoms with E-state index in [9.17, 15) is 0 Å². The van der Waals surface area contributed by atoms with Gasteiger partial charge in [0.1, 0.15) is 12.4 Å². The lowest BCUT2D eigenvalue weighted by Crippen LogP contribution is -2.35. The minimum absolute atomic E-state index is 0. The van der Waals surface area contributed by atoms with Gasteiger partial charge in [-0.3, -0.25) is 9.98 Å². The van der Waals surface area contributed by atoms with Gasteiger partial charge in [0.15, 0.2) is 5.96 Å². The van der Waals surface area contributed by atoms with Crippen LogP contribution in [-0.2, 0) is 11.8 Å². The fourth-order valence-electron chi connectivity index (χ4n) is 2.45. The van der Waals surface area contributed by atoms with Gasteiger partial charge in [-0.2, -0.15) is 0 Å². The van der Waals surface area contributed by atoms with Crippen LogP contribution >= 0.6 is 24.0 Å². The molecule has 2 aromatic rings. The second-order valence-electron chi connectivity index (χ2n) is 6.86. The van der Waals surface area contributed by atoms with E-state index in [1.54, 1.807) is 6.20 Å². The molecule has 1 heterocycles. The van der Waals surface area contributed by atoms with Crippen molar-refractivity contribution in [3.8, 4) is 5.75 Å². The third-order valence-corrected chi connectivity index (χ3v) is 3.74. The van der Waals surface area contributed by atoms with Gasteiger partial charge in [-0.05, 0) is 29.2 Å². The Balaban J connectivity index is 0.00000338. The summed E-state index contributed by atoms with van der Waals surface area (Å²) in [6.07, 6.45) is 2.56. The van der Waals surface area contributed by atoms with Gasteiger partial charge in [0.25, 0.3) is 0 Å². The zero-order chi connectivity index (χ0) is 18.1. The summed E-state index contributed by atoms with van der Waals surface area (Å²) in [5.41, 5.74) is 8.15. The number of halogens is 1. The highest BCUT2D eigenvalue weighted by atomic mass is 127. The van der Waals surface area contributed by atoms with Gasteiger partial charge in [-0.15, -0.1) is 24.0 Å². The highest BCUT2D eigenvalue weighted by Crippen LogP contribution is 2.30. The maximum absolute atomic E-state index is 5.90. The highest BCUT2D eigenvalue weighted by molar-refractivity contribution is 14.0. The van der Waals surface area contributed by atoms with Gasteiger partial charge in [-0.25, -0.2) is 0 Å². The highest BCUT2D eigenvalue weighted by Gasteiger charge is 2.18. The van der Waals surface area contributed by atoms with E-state index in [2.05, 4.69) is 42.1 Å². The zero-order valence-corrected chi connectivity index (χ0v) is 18.1. The van der Waals surface area contributed by atoms with Crippen molar-refractivity contribution >= 4 is 29.9 Å². The summed E-state index contributed by atoms with van der Waals surface area (Å²) in [6.45, 7) is 8.30. The maximum Gasteiger partial charge on any atom is 0.188 e. The molecule has 0 spiro atoms. The molecule has 0 atom stereocenters. The molecule has 0 saturated heterocycles. The number of hydrogen-bond donors (Lipinski definition) is 2. The lowest BCUT2D eigenvalue weighted by molar-refractivity contribution is 0.313. The first-order valence-electron chi connectivity index (χ1n) is 8.63. The Labute approximate surface area is 173 Å². The predicted molar refractivity (Wildman–Crippen MR) is 118 cm³/mol. The smallest absolute Gasteiger partial charge is 0.188 e. The average molecular weight is 468 g/mol. The van der Waals surface area contributed by atoms with Crippen LogP contribution in [0.4, 0.5) is 0 Å². The number of hydrogen-bond acceptors (Lipinski definition) is 3. The Morgan fingerprint density at radius 3 is 2.58 bits per heavy atom. The first-order chi connectivity index (χ1) is 12.0. The van der Waals surface area contributed by atoms with Crippen molar-refractivity contribution in [2.45, 2.75) is 32.6 Å². The Morgan fingerprint density at radius 2 is 1.88 bits per heavy atom. The van der Waals surface area contributed by atoms with Crippen molar-refractivity contribution < 1.29 is 4.74 Å². The summed E-state index contributed by atoms with van der Waals surface area (Å²) >= 11 is 0. The van der Waals surface area contributed by atoms with Crippen LogP contribution in [-0.4, -0.2) is 30.6 Å². The summed E-state index contributed by atoms with van der Waals surface area (Å²) < 4.78 is 5.90. The number of aromatic nitrogens is 1. The zero-order valence-electron chi connectivity index (χ0n) is 15.7. The van der Waals surface area contributed by atoms with E-state index in [0.29, 0.717) is 25.7 Å². The summed E-state index contributed by atoms with van der Waals surface area (Å²) in [5, 5.41) is 3.08. The Kier molecular flexibility index (Phi) is 9.40. The number of benzene rings is 1. The molecule has 0 aliphatic carbocycles. The van der Waals surface area contributed by atoms with Crippen LogP contribution in [0.3, 0.4) is 0 Å². The number of nitrogens with zero attached hydrogens (tertiary/aromatic N) is 2. The van der Waals surface area contributed by atoms with Crippen molar-refractivity contribution in [3.63, 3.8) is 0 Å². The molecule has 0 radical (unpaired) electrons. The van der Waals surface area contributed by atoms with Crippen molar-refractivity contribution in [3.05, 3.63) is 59.9 Å². The lowest BCUT2D eigenvalue weighted by Gasteiger charge is -2.22. The SMILES string of the molecule is CC(C)(C)c1ccccc1OCCNC(N)=NCCc1ccccn1.I. The van der Waals surface area contributed by atoms with Crippen molar-refractivity contribution in [1.29, 1.82) is 0 Å². The maximum atomic E-state index is 5.90. The van der Waals surface area contributed by atoms with Crippen LogP contribution in [0.2, 0.25) is 0 Å². The topological polar surface area (TPSA) is 72.5 Å². The molecule has 5 nitrogen and oxygen atoms in total. The second-order valence-corrected chi connectivity index (χ2v) is 6.86. The van der Waals surface area contributed by atoms with E-state index in [-0.39, 0.29) is 29.4 Å². The molecule has 1 aromatic heterocycles. The van der Waals surface area contributed by atoms with E-state index >= 15 is 0 Å². The van der Waals surface area contributed by atoms with Crippen molar-refractivity contribution in [2.24, 2.45) is 10.7 Å². The first kappa shape index (κ1) is 22.2. The van der Waals surface area contributed by atoms with Crippen molar-refractivity contribution in [2.75, 3.05) is 19.7 Å². The van der Waals surface area contributed by atoms with E-state index in [1.807, 2.05) is 36.4 Å². The first-order valence-corrected chi connectivity index (χ1v) is 8.63. The largest absolute Gasteiger partial charge is 0.491 e. The Morgan fingerprint density at radius 1 is 1.15 bits per heavy atom. The van der Waals surface area contributed by atoms with E-state index in [0.717, 1.165) is 17.9 Å². The summed E-state index contributed by atoms with van der Waals surface area (Å²) in [5.74, 6) is 1.35. The quantitative estimate of drug-likeness (QED) is 0.282. The van der Waals surface area contributed by atoms with Crippen LogP contribution in [0.5, 0.6) is 5.75 Å². The molecule has 0 aliphatic heterocycles. The van der Waals surface area contributed by atoms with Gasteiger partial charge >= 0.3 is 0 Å².